The van der Waals surface area contributed by atoms with Crippen molar-refractivity contribution in [3.05, 3.63) is 59.7 Å². The normalized spacial score (nSPS) is 18.4. The average Bonchev–Trinajstić information content (AvgIpc) is 3.14. The van der Waals surface area contributed by atoms with E-state index in [2.05, 4.69) is 17.4 Å². The van der Waals surface area contributed by atoms with Crippen molar-refractivity contribution >= 4 is 18.0 Å². The smallest absolute Gasteiger partial charge is 0.407 e. The Morgan fingerprint density at radius 3 is 2.21 bits per heavy atom. The number of ether oxygens (including phenoxy) is 1. The van der Waals surface area contributed by atoms with Crippen molar-refractivity contribution in [2.75, 3.05) is 13.2 Å². The molecule has 2 aromatic carbocycles. The molecule has 2 aliphatic rings. The van der Waals surface area contributed by atoms with Gasteiger partial charge in [0, 0.05) is 12.5 Å². The minimum absolute atomic E-state index is 0.0742. The molecule has 2 atom stereocenters. The Morgan fingerprint density at radius 1 is 1.03 bits per heavy atom. The number of hydrogen-bond donors (Lipinski definition) is 2. The van der Waals surface area contributed by atoms with E-state index in [9.17, 15) is 19.5 Å². The zero-order valence-corrected chi connectivity index (χ0v) is 19.0. The number of carboxylic acids is 1. The van der Waals surface area contributed by atoms with E-state index >= 15 is 0 Å². The topological polar surface area (TPSA) is 95.9 Å². The van der Waals surface area contributed by atoms with Crippen LogP contribution in [0.4, 0.5) is 4.79 Å². The van der Waals surface area contributed by atoms with Crippen molar-refractivity contribution in [3.8, 4) is 11.1 Å². The number of fused-ring (bicyclic) bond motifs is 3. The lowest BCUT2D eigenvalue weighted by Gasteiger charge is -2.36. The number of aliphatic carboxylic acids is 1. The van der Waals surface area contributed by atoms with Crippen molar-refractivity contribution < 1.29 is 24.2 Å². The van der Waals surface area contributed by atoms with Crippen LogP contribution in [0.15, 0.2) is 48.5 Å². The van der Waals surface area contributed by atoms with Crippen LogP contribution in [0.3, 0.4) is 0 Å². The Morgan fingerprint density at radius 2 is 1.64 bits per heavy atom. The van der Waals surface area contributed by atoms with Crippen LogP contribution in [0, 0.1) is 5.92 Å². The van der Waals surface area contributed by atoms with Gasteiger partial charge >= 0.3 is 12.1 Å². The summed E-state index contributed by atoms with van der Waals surface area (Å²) in [5, 5.41) is 12.2. The molecule has 2 N–H and O–H groups in total. The maximum Gasteiger partial charge on any atom is 0.407 e. The molecule has 33 heavy (non-hydrogen) atoms. The fourth-order valence-corrected chi connectivity index (χ4v) is 4.91. The molecule has 1 aliphatic carbocycles. The number of alkyl carbamates (subject to hydrolysis) is 1. The summed E-state index contributed by atoms with van der Waals surface area (Å²) in [5.41, 5.74) is 4.51. The third kappa shape index (κ3) is 4.58. The second-order valence-electron chi connectivity index (χ2n) is 9.07. The fourth-order valence-electron chi connectivity index (χ4n) is 4.91. The van der Waals surface area contributed by atoms with E-state index < -0.39 is 24.1 Å². The predicted molar refractivity (Wildman–Crippen MR) is 124 cm³/mol. The monoisotopic (exact) mass is 450 g/mol. The first-order valence-electron chi connectivity index (χ1n) is 11.5. The van der Waals surface area contributed by atoms with Gasteiger partial charge in [-0.2, -0.15) is 0 Å². The van der Waals surface area contributed by atoms with Gasteiger partial charge in [-0.1, -0.05) is 62.4 Å². The van der Waals surface area contributed by atoms with Gasteiger partial charge in [0.05, 0.1) is 0 Å². The summed E-state index contributed by atoms with van der Waals surface area (Å²) in [4.78, 5) is 38.9. The van der Waals surface area contributed by atoms with Gasteiger partial charge in [-0.25, -0.2) is 9.59 Å². The predicted octanol–water partition coefficient (Wildman–Crippen LogP) is 4.02. The van der Waals surface area contributed by atoms with Gasteiger partial charge in [0.2, 0.25) is 5.91 Å². The van der Waals surface area contributed by atoms with Gasteiger partial charge in [-0.15, -0.1) is 0 Å². The van der Waals surface area contributed by atoms with E-state index in [4.69, 9.17) is 4.74 Å². The van der Waals surface area contributed by atoms with Gasteiger partial charge in [0.25, 0.3) is 0 Å². The molecule has 4 rings (SSSR count). The van der Waals surface area contributed by atoms with Crippen molar-refractivity contribution in [1.82, 2.24) is 10.2 Å². The number of carbonyl (C=O) groups is 3. The fraction of sp³-hybridized carbons (Fsp3) is 0.423. The lowest BCUT2D eigenvalue weighted by molar-refractivity contribution is -0.153. The molecule has 1 aliphatic heterocycles. The Bertz CT molecular complexity index is 1000. The molecule has 1 saturated heterocycles. The molecule has 1 unspecified atom stereocenters. The highest BCUT2D eigenvalue weighted by atomic mass is 16.5. The van der Waals surface area contributed by atoms with Crippen LogP contribution in [0.25, 0.3) is 11.1 Å². The molecule has 0 saturated carbocycles. The number of benzene rings is 2. The van der Waals surface area contributed by atoms with E-state index in [1.165, 1.54) is 4.90 Å². The third-order valence-electron chi connectivity index (χ3n) is 6.62. The highest BCUT2D eigenvalue weighted by molar-refractivity contribution is 5.89. The minimum atomic E-state index is -1.01. The Balaban J connectivity index is 1.44. The summed E-state index contributed by atoms with van der Waals surface area (Å²) in [7, 11) is 0. The number of amides is 2. The number of likely N-dealkylation sites (tertiary alicyclic amines) is 1. The summed E-state index contributed by atoms with van der Waals surface area (Å²) in [6.07, 6.45) is 1.28. The maximum absolute atomic E-state index is 13.2. The largest absolute Gasteiger partial charge is 0.480 e. The second-order valence-corrected chi connectivity index (χ2v) is 9.07. The molecular weight excluding hydrogens is 420 g/mol. The highest BCUT2D eigenvalue weighted by Crippen LogP contribution is 2.44. The number of carbonyl (C=O) groups excluding carboxylic acids is 2. The maximum atomic E-state index is 13.2. The van der Waals surface area contributed by atoms with Crippen LogP contribution in [0.1, 0.15) is 50.2 Å². The van der Waals surface area contributed by atoms with Crippen molar-refractivity contribution in [1.29, 1.82) is 0 Å². The summed E-state index contributed by atoms with van der Waals surface area (Å²) in [6, 6.07) is 14.5. The molecule has 7 nitrogen and oxygen atoms in total. The Hall–Kier alpha value is -3.35. The molecule has 2 amide bonds. The van der Waals surface area contributed by atoms with Crippen molar-refractivity contribution in [2.45, 2.75) is 51.1 Å². The first kappa shape index (κ1) is 22.8. The van der Waals surface area contributed by atoms with Crippen molar-refractivity contribution in [2.24, 2.45) is 5.92 Å². The van der Waals surface area contributed by atoms with E-state index in [0.717, 1.165) is 35.1 Å². The lowest BCUT2D eigenvalue weighted by atomic mass is 9.97. The second kappa shape index (κ2) is 9.65. The van der Waals surface area contributed by atoms with Crippen LogP contribution in [0.5, 0.6) is 0 Å². The standard InChI is InChI=1S/C26H30N2O5/c1-16(2)23(24(29)28-14-8-7-13-22(28)25(30)31)27-26(32)33-15-21-19-11-5-3-9-17(19)18-10-4-6-12-20(18)21/h3-6,9-12,16,21-23H,7-8,13-15H2,1-2H3,(H,27,32)(H,30,31)/t22?,23-/m1/s1. The zero-order chi connectivity index (χ0) is 23.5. The van der Waals surface area contributed by atoms with Gasteiger partial charge < -0.3 is 20.1 Å². The van der Waals surface area contributed by atoms with Crippen LogP contribution < -0.4 is 5.32 Å². The summed E-state index contributed by atoms with van der Waals surface area (Å²) in [6.45, 7) is 4.18. The van der Waals surface area contributed by atoms with Gasteiger partial charge in [-0.3, -0.25) is 4.79 Å². The quantitative estimate of drug-likeness (QED) is 0.693. The van der Waals surface area contributed by atoms with Crippen LogP contribution >= 0.6 is 0 Å². The van der Waals surface area contributed by atoms with Gasteiger partial charge in [0.1, 0.15) is 18.7 Å². The molecule has 7 heteroatoms. The lowest BCUT2D eigenvalue weighted by Crippen LogP contribution is -2.57. The highest BCUT2D eigenvalue weighted by Gasteiger charge is 2.37. The molecule has 0 aromatic heterocycles. The summed E-state index contributed by atoms with van der Waals surface area (Å²) in [5.74, 6) is -1.67. The third-order valence-corrected chi connectivity index (χ3v) is 6.62. The molecule has 1 fully saturated rings. The number of hydrogen-bond acceptors (Lipinski definition) is 4. The van der Waals surface area contributed by atoms with E-state index in [1.807, 2.05) is 50.2 Å². The number of piperidine rings is 1. The number of carboxylic acid groups (broad SMARTS) is 1. The Kier molecular flexibility index (Phi) is 6.67. The molecular formula is C26H30N2O5. The summed E-state index contributed by atoms with van der Waals surface area (Å²) >= 11 is 0. The molecule has 174 valence electrons. The Labute approximate surface area is 193 Å². The van der Waals surface area contributed by atoms with Gasteiger partial charge in [-0.05, 0) is 47.4 Å². The molecule has 1 heterocycles. The first-order chi connectivity index (χ1) is 15.9. The van der Waals surface area contributed by atoms with Crippen LogP contribution in [-0.2, 0) is 14.3 Å². The van der Waals surface area contributed by atoms with E-state index in [-0.39, 0.29) is 24.3 Å². The van der Waals surface area contributed by atoms with Gasteiger partial charge in [0.15, 0.2) is 0 Å². The molecule has 2 aromatic rings. The number of nitrogens with one attached hydrogen (secondary N) is 1. The zero-order valence-electron chi connectivity index (χ0n) is 19.0. The van der Waals surface area contributed by atoms with E-state index in [0.29, 0.717) is 13.0 Å². The first-order valence-corrected chi connectivity index (χ1v) is 11.5. The molecule has 0 radical (unpaired) electrons. The van der Waals surface area contributed by atoms with Crippen LogP contribution in [0.2, 0.25) is 0 Å². The minimum Gasteiger partial charge on any atom is -0.480 e. The molecule has 0 spiro atoms. The SMILES string of the molecule is CC(C)[C@@H](NC(=O)OCC1c2ccccc2-c2ccccc21)C(=O)N1CCCCC1C(=O)O. The summed E-state index contributed by atoms with van der Waals surface area (Å²) < 4.78 is 5.60. The van der Waals surface area contributed by atoms with Crippen molar-refractivity contribution in [3.63, 3.8) is 0 Å². The number of nitrogens with zero attached hydrogens (tertiary/aromatic N) is 1. The van der Waals surface area contributed by atoms with E-state index in [1.54, 1.807) is 0 Å². The average molecular weight is 451 g/mol. The molecule has 0 bridgehead atoms. The number of rotatable bonds is 6. The van der Waals surface area contributed by atoms with Crippen LogP contribution in [-0.4, -0.2) is 53.2 Å².